The van der Waals surface area contributed by atoms with Crippen molar-refractivity contribution in [3.05, 3.63) is 0 Å². The summed E-state index contributed by atoms with van der Waals surface area (Å²) in [5.74, 6) is 0.621. The Labute approximate surface area is 73.7 Å². The van der Waals surface area contributed by atoms with Crippen molar-refractivity contribution in [3.63, 3.8) is 0 Å². The molecule has 0 aromatic heterocycles. The minimum Gasteiger partial charge on any atom is -0.369 e. The maximum atomic E-state index is 10.4. The third kappa shape index (κ3) is 3.22. The van der Waals surface area contributed by atoms with E-state index in [2.05, 4.69) is 12.2 Å². The first-order chi connectivity index (χ1) is 5.68. The fourth-order valence-corrected chi connectivity index (χ4v) is 1.59. The van der Waals surface area contributed by atoms with Gasteiger partial charge >= 0.3 is 0 Å². The molecule has 70 valence electrons. The highest BCUT2D eigenvalue weighted by atomic mass is 16.1. The van der Waals surface area contributed by atoms with Gasteiger partial charge < -0.3 is 11.1 Å². The molecule has 0 bridgehead atoms. The molecule has 1 amide bonds. The van der Waals surface area contributed by atoms with Gasteiger partial charge in [-0.25, -0.2) is 0 Å². The molecule has 1 saturated carbocycles. The second-order valence-electron chi connectivity index (χ2n) is 3.78. The highest BCUT2D eigenvalue weighted by Gasteiger charge is 2.19. The van der Waals surface area contributed by atoms with Crippen LogP contribution in [0, 0.1) is 5.92 Å². The molecular weight excluding hydrogens is 152 g/mol. The number of nitrogens with two attached hydrogens (primary N) is 1. The van der Waals surface area contributed by atoms with Crippen molar-refractivity contribution in [2.75, 3.05) is 6.54 Å². The third-order valence-electron chi connectivity index (χ3n) is 2.54. The number of hydrogen-bond acceptors (Lipinski definition) is 2. The number of carbonyl (C=O) groups is 1. The zero-order chi connectivity index (χ0) is 8.97. The van der Waals surface area contributed by atoms with Crippen LogP contribution in [-0.2, 0) is 4.79 Å². The Bertz CT molecular complexity index is 155. The maximum absolute atomic E-state index is 10.4. The van der Waals surface area contributed by atoms with Gasteiger partial charge in [0.25, 0.3) is 0 Å². The van der Waals surface area contributed by atoms with E-state index >= 15 is 0 Å². The lowest BCUT2D eigenvalue weighted by Gasteiger charge is -2.28. The van der Waals surface area contributed by atoms with Crippen molar-refractivity contribution in [3.8, 4) is 0 Å². The van der Waals surface area contributed by atoms with E-state index in [9.17, 15) is 4.79 Å². The van der Waals surface area contributed by atoms with Gasteiger partial charge in [0, 0.05) is 6.04 Å². The molecule has 0 aromatic rings. The molecule has 0 spiro atoms. The van der Waals surface area contributed by atoms with Crippen LogP contribution in [0.5, 0.6) is 0 Å². The first kappa shape index (κ1) is 9.52. The third-order valence-corrected chi connectivity index (χ3v) is 2.54. The second kappa shape index (κ2) is 4.45. The van der Waals surface area contributed by atoms with E-state index in [0.717, 1.165) is 5.92 Å². The Morgan fingerprint density at radius 2 is 2.33 bits per heavy atom. The molecule has 0 saturated heterocycles. The van der Waals surface area contributed by atoms with Crippen LogP contribution in [-0.4, -0.2) is 18.5 Å². The summed E-state index contributed by atoms with van der Waals surface area (Å²) in [5, 5.41) is 3.11. The summed E-state index contributed by atoms with van der Waals surface area (Å²) >= 11 is 0. The van der Waals surface area contributed by atoms with Gasteiger partial charge in [-0.3, -0.25) is 4.79 Å². The molecule has 0 heterocycles. The van der Waals surface area contributed by atoms with Gasteiger partial charge in [-0.05, 0) is 19.3 Å². The number of carbonyl (C=O) groups excluding carboxylic acids is 1. The average molecular weight is 170 g/mol. The number of amides is 1. The number of rotatable bonds is 5. The molecule has 0 radical (unpaired) electrons. The fourth-order valence-electron chi connectivity index (χ4n) is 1.59. The summed E-state index contributed by atoms with van der Waals surface area (Å²) in [4.78, 5) is 10.4. The van der Waals surface area contributed by atoms with E-state index in [1.807, 2.05) is 0 Å². The standard InChI is InChI=1S/C9H18N2O/c1-7(11-6-9(10)12)5-8-3-2-4-8/h7-8,11H,2-6H2,1H3,(H2,10,12). The Balaban J connectivity index is 2.02. The summed E-state index contributed by atoms with van der Waals surface area (Å²) in [6.07, 6.45) is 5.30. The molecule has 0 aliphatic heterocycles. The zero-order valence-electron chi connectivity index (χ0n) is 7.68. The van der Waals surface area contributed by atoms with Gasteiger partial charge in [-0.15, -0.1) is 0 Å². The first-order valence-electron chi connectivity index (χ1n) is 4.70. The van der Waals surface area contributed by atoms with Crippen molar-refractivity contribution >= 4 is 5.91 Å². The highest BCUT2D eigenvalue weighted by Crippen LogP contribution is 2.30. The van der Waals surface area contributed by atoms with Crippen molar-refractivity contribution < 1.29 is 4.79 Å². The second-order valence-corrected chi connectivity index (χ2v) is 3.78. The lowest BCUT2D eigenvalue weighted by atomic mass is 9.81. The van der Waals surface area contributed by atoms with Crippen LogP contribution >= 0.6 is 0 Å². The molecule has 1 atom stereocenters. The predicted octanol–water partition coefficient (Wildman–Crippen LogP) is 0.640. The SMILES string of the molecule is CC(CC1CCC1)NCC(N)=O. The van der Waals surface area contributed by atoms with Crippen LogP contribution in [0.2, 0.25) is 0 Å². The van der Waals surface area contributed by atoms with Gasteiger partial charge in [-0.2, -0.15) is 0 Å². The average Bonchev–Trinajstić information content (AvgIpc) is 1.93. The van der Waals surface area contributed by atoms with Gasteiger partial charge in [0.1, 0.15) is 0 Å². The van der Waals surface area contributed by atoms with Crippen molar-refractivity contribution in [2.45, 2.75) is 38.6 Å². The lowest BCUT2D eigenvalue weighted by Crippen LogP contribution is -2.36. The van der Waals surface area contributed by atoms with Crippen LogP contribution in [0.25, 0.3) is 0 Å². The molecule has 1 fully saturated rings. The van der Waals surface area contributed by atoms with Crippen molar-refractivity contribution in [1.29, 1.82) is 0 Å². The maximum Gasteiger partial charge on any atom is 0.231 e. The number of nitrogens with one attached hydrogen (secondary N) is 1. The molecular formula is C9H18N2O. The molecule has 12 heavy (non-hydrogen) atoms. The van der Waals surface area contributed by atoms with Crippen molar-refractivity contribution in [2.24, 2.45) is 11.7 Å². The topological polar surface area (TPSA) is 55.1 Å². The van der Waals surface area contributed by atoms with Gasteiger partial charge in [0.15, 0.2) is 0 Å². The van der Waals surface area contributed by atoms with Crippen LogP contribution < -0.4 is 11.1 Å². The van der Waals surface area contributed by atoms with E-state index in [1.165, 1.54) is 25.7 Å². The van der Waals surface area contributed by atoms with E-state index in [0.29, 0.717) is 12.6 Å². The Hall–Kier alpha value is -0.570. The summed E-state index contributed by atoms with van der Waals surface area (Å²) in [7, 11) is 0. The van der Waals surface area contributed by atoms with Crippen LogP contribution in [0.15, 0.2) is 0 Å². The van der Waals surface area contributed by atoms with Gasteiger partial charge in [0.05, 0.1) is 6.54 Å². The Kier molecular flexibility index (Phi) is 3.53. The molecule has 3 heteroatoms. The minimum atomic E-state index is -0.268. The molecule has 3 N–H and O–H groups in total. The largest absolute Gasteiger partial charge is 0.369 e. The van der Waals surface area contributed by atoms with E-state index in [-0.39, 0.29) is 5.91 Å². The van der Waals surface area contributed by atoms with Gasteiger partial charge in [-0.1, -0.05) is 19.3 Å². The Morgan fingerprint density at radius 3 is 2.75 bits per heavy atom. The fraction of sp³-hybridized carbons (Fsp3) is 0.889. The highest BCUT2D eigenvalue weighted by molar-refractivity contribution is 5.75. The van der Waals surface area contributed by atoms with Crippen LogP contribution in [0.4, 0.5) is 0 Å². The summed E-state index contributed by atoms with van der Waals surface area (Å²) in [5.41, 5.74) is 5.02. The first-order valence-corrected chi connectivity index (χ1v) is 4.70. The molecule has 1 aliphatic rings. The zero-order valence-corrected chi connectivity index (χ0v) is 7.68. The van der Waals surface area contributed by atoms with Crippen molar-refractivity contribution in [1.82, 2.24) is 5.32 Å². The molecule has 1 aliphatic carbocycles. The Morgan fingerprint density at radius 1 is 1.67 bits per heavy atom. The monoisotopic (exact) mass is 170 g/mol. The smallest absolute Gasteiger partial charge is 0.231 e. The minimum absolute atomic E-state index is 0.268. The van der Waals surface area contributed by atoms with Crippen LogP contribution in [0.3, 0.4) is 0 Å². The number of primary amides is 1. The molecule has 0 aromatic carbocycles. The van der Waals surface area contributed by atoms with E-state index in [4.69, 9.17) is 5.73 Å². The predicted molar refractivity (Wildman–Crippen MR) is 48.6 cm³/mol. The van der Waals surface area contributed by atoms with Crippen LogP contribution in [0.1, 0.15) is 32.6 Å². The van der Waals surface area contributed by atoms with Gasteiger partial charge in [0.2, 0.25) is 5.91 Å². The summed E-state index contributed by atoms with van der Waals surface area (Å²) < 4.78 is 0. The summed E-state index contributed by atoms with van der Waals surface area (Å²) in [6, 6.07) is 0.433. The van der Waals surface area contributed by atoms with E-state index < -0.39 is 0 Å². The molecule has 1 rings (SSSR count). The van der Waals surface area contributed by atoms with E-state index in [1.54, 1.807) is 0 Å². The lowest BCUT2D eigenvalue weighted by molar-refractivity contribution is -0.117. The molecule has 3 nitrogen and oxygen atoms in total. The summed E-state index contributed by atoms with van der Waals surface area (Å²) in [6.45, 7) is 2.43. The molecule has 1 unspecified atom stereocenters. The quantitative estimate of drug-likeness (QED) is 0.636. The number of hydrogen-bond donors (Lipinski definition) is 2. The normalized spacial score (nSPS) is 20.1.